The summed E-state index contributed by atoms with van der Waals surface area (Å²) in [5.41, 5.74) is 4.73. The van der Waals surface area contributed by atoms with Crippen molar-refractivity contribution >= 4 is 67.8 Å². The van der Waals surface area contributed by atoms with E-state index >= 15 is 0 Å². The van der Waals surface area contributed by atoms with Gasteiger partial charge in [-0.1, -0.05) is 134 Å². The molecule has 0 atom stereocenters. The molecule has 0 N–H and O–H groups in total. The Balaban J connectivity index is 1.42. The summed E-state index contributed by atoms with van der Waals surface area (Å²) in [6.07, 6.45) is 0. The van der Waals surface area contributed by atoms with Gasteiger partial charge in [-0.05, 0) is 45.8 Å². The minimum Gasteiger partial charge on any atom is -0.370 e. The van der Waals surface area contributed by atoms with Gasteiger partial charge in [-0.2, -0.15) is 0 Å². The van der Waals surface area contributed by atoms with Gasteiger partial charge in [0.2, 0.25) is 0 Å². The van der Waals surface area contributed by atoms with Crippen LogP contribution >= 0.6 is 0 Å². The van der Waals surface area contributed by atoms with Gasteiger partial charge in [-0.25, -0.2) is 9.97 Å². The van der Waals surface area contributed by atoms with Crippen molar-refractivity contribution in [2.45, 2.75) is 0 Å². The maximum atomic E-state index is 7.92. The van der Waals surface area contributed by atoms with Crippen molar-refractivity contribution in [1.82, 2.24) is 19.9 Å². The molecule has 50 heavy (non-hydrogen) atoms. The highest BCUT2D eigenvalue weighted by Gasteiger charge is 2.42. The first-order chi connectivity index (χ1) is 24.7. The lowest BCUT2D eigenvalue weighted by Gasteiger charge is -2.34. The van der Waals surface area contributed by atoms with Crippen molar-refractivity contribution < 1.29 is 0 Å². The van der Waals surface area contributed by atoms with E-state index < -0.39 is 0 Å². The molecule has 1 aliphatic rings. The Labute approximate surface area is 287 Å². The monoisotopic (exact) mass is 640 g/mol. The average Bonchev–Trinajstić information content (AvgIpc) is 3.19. The fourth-order valence-electron chi connectivity index (χ4n) is 6.48. The fraction of sp³-hybridized carbons (Fsp3) is 0. The fourth-order valence-corrected chi connectivity index (χ4v) is 6.48. The van der Waals surface area contributed by atoms with Gasteiger partial charge in [0.25, 0.3) is 11.6 Å². The minimum absolute atomic E-state index is 0.0800. The second-order valence-corrected chi connectivity index (χ2v) is 11.8. The van der Waals surface area contributed by atoms with E-state index in [0.717, 1.165) is 44.0 Å². The summed E-state index contributed by atoms with van der Waals surface area (Å²) in [5, 5.41) is 4.22. The maximum Gasteiger partial charge on any atom is 0.300 e. The number of hydrogen-bond donors (Lipinski definition) is 0. The molecule has 0 spiro atoms. The summed E-state index contributed by atoms with van der Waals surface area (Å²) in [5.74, 6) is 1.62. The van der Waals surface area contributed by atoms with Gasteiger partial charge in [-0.15, -0.1) is 9.97 Å². The Bertz CT molecular complexity index is 2510. The standard InChI is InChI=1S/C42H24N8/c1-43-37-38(44-2)48-42-41(47-37)49(33-23-21-27-13-9-11-19-31(27)25-33)39-40(50(42)34-24-22-28-14-10-12-20-32(28)26-34)46-36(30-17-7-4-8-18-30)35(45-39)29-15-5-3-6-16-29/h3-26H. The topological polar surface area (TPSA) is 66.8 Å². The number of anilines is 6. The summed E-state index contributed by atoms with van der Waals surface area (Å²) in [4.78, 5) is 31.7. The van der Waals surface area contributed by atoms with E-state index in [1.165, 1.54) is 0 Å². The van der Waals surface area contributed by atoms with E-state index in [2.05, 4.69) is 58.2 Å². The molecule has 8 aromatic rings. The van der Waals surface area contributed by atoms with Crippen LogP contribution in [0, 0.1) is 13.1 Å². The molecular formula is C42H24N8. The van der Waals surface area contributed by atoms with Crippen LogP contribution in [0.3, 0.4) is 0 Å². The molecule has 3 heterocycles. The number of benzene rings is 6. The van der Waals surface area contributed by atoms with E-state index in [1.807, 2.05) is 107 Å². The molecule has 232 valence electrons. The molecule has 0 saturated carbocycles. The van der Waals surface area contributed by atoms with Crippen molar-refractivity contribution in [3.63, 3.8) is 0 Å². The van der Waals surface area contributed by atoms with Gasteiger partial charge in [0, 0.05) is 11.1 Å². The molecule has 0 radical (unpaired) electrons. The van der Waals surface area contributed by atoms with Gasteiger partial charge >= 0.3 is 11.6 Å². The lowest BCUT2D eigenvalue weighted by atomic mass is 10.0. The van der Waals surface area contributed by atoms with E-state index in [1.54, 1.807) is 0 Å². The van der Waals surface area contributed by atoms with Gasteiger partial charge in [0.1, 0.15) is 0 Å². The Morgan fingerprint density at radius 1 is 0.380 bits per heavy atom. The van der Waals surface area contributed by atoms with Crippen LogP contribution in [0.5, 0.6) is 0 Å². The molecule has 0 amide bonds. The number of fused-ring (bicyclic) bond motifs is 4. The first-order valence-corrected chi connectivity index (χ1v) is 16.0. The van der Waals surface area contributed by atoms with Crippen molar-refractivity contribution in [3.8, 4) is 22.5 Å². The number of hydrogen-bond acceptors (Lipinski definition) is 6. The van der Waals surface area contributed by atoms with Crippen LogP contribution in [-0.4, -0.2) is 19.9 Å². The van der Waals surface area contributed by atoms with Gasteiger partial charge in [-0.3, -0.25) is 9.80 Å². The Kier molecular flexibility index (Phi) is 6.72. The van der Waals surface area contributed by atoms with E-state index in [-0.39, 0.29) is 11.6 Å². The largest absolute Gasteiger partial charge is 0.370 e. The smallest absolute Gasteiger partial charge is 0.300 e. The molecule has 0 aliphatic carbocycles. The molecule has 0 bridgehead atoms. The molecule has 1 aliphatic heterocycles. The molecule has 8 nitrogen and oxygen atoms in total. The van der Waals surface area contributed by atoms with E-state index in [0.29, 0.717) is 34.7 Å². The molecule has 0 unspecified atom stereocenters. The molecule has 0 fully saturated rings. The lowest BCUT2D eigenvalue weighted by Crippen LogP contribution is -2.28. The summed E-state index contributed by atoms with van der Waals surface area (Å²) < 4.78 is 0. The Hall–Kier alpha value is -7.42. The third-order valence-corrected chi connectivity index (χ3v) is 8.82. The molecule has 0 saturated heterocycles. The molecule has 2 aromatic heterocycles. The van der Waals surface area contributed by atoms with Crippen LogP contribution in [-0.2, 0) is 0 Å². The van der Waals surface area contributed by atoms with Crippen LogP contribution in [0.2, 0.25) is 0 Å². The quantitative estimate of drug-likeness (QED) is 0.178. The van der Waals surface area contributed by atoms with Crippen LogP contribution in [0.4, 0.5) is 46.3 Å². The van der Waals surface area contributed by atoms with Crippen molar-refractivity contribution in [2.24, 2.45) is 0 Å². The SMILES string of the molecule is [C-]#[N+]c1nc2c(nc1[N+]#[C-])N(c1ccc3ccccc3c1)c1nc(-c3ccccc3)c(-c3ccccc3)nc1N2c1ccc2ccccc2c1. The molecule has 8 heteroatoms. The zero-order chi connectivity index (χ0) is 33.6. The van der Waals surface area contributed by atoms with Gasteiger partial charge in [0.05, 0.1) is 22.8 Å². The maximum absolute atomic E-state index is 7.92. The normalized spacial score (nSPS) is 11.9. The summed E-state index contributed by atoms with van der Waals surface area (Å²) in [6, 6.07) is 48.6. The summed E-state index contributed by atoms with van der Waals surface area (Å²) >= 11 is 0. The summed E-state index contributed by atoms with van der Waals surface area (Å²) in [6.45, 7) is 15.8. The Morgan fingerprint density at radius 2 is 0.740 bits per heavy atom. The van der Waals surface area contributed by atoms with Gasteiger partial charge in [0.15, 0.2) is 11.6 Å². The number of aromatic nitrogens is 4. The van der Waals surface area contributed by atoms with Crippen LogP contribution in [0.15, 0.2) is 146 Å². The van der Waals surface area contributed by atoms with E-state index in [4.69, 9.17) is 33.1 Å². The predicted octanol–water partition coefficient (Wildman–Crippen LogP) is 11.3. The molecule has 9 rings (SSSR count). The third-order valence-electron chi connectivity index (χ3n) is 8.82. The van der Waals surface area contributed by atoms with Crippen LogP contribution < -0.4 is 9.80 Å². The molecular weight excluding hydrogens is 617 g/mol. The Morgan fingerprint density at radius 3 is 1.14 bits per heavy atom. The number of nitrogens with zero attached hydrogens (tertiary/aromatic N) is 8. The van der Waals surface area contributed by atoms with Crippen LogP contribution in [0.1, 0.15) is 0 Å². The highest BCUT2D eigenvalue weighted by molar-refractivity contribution is 6.01. The second kappa shape index (κ2) is 11.7. The van der Waals surface area contributed by atoms with Crippen molar-refractivity contribution in [3.05, 3.63) is 168 Å². The first-order valence-electron chi connectivity index (χ1n) is 16.0. The lowest BCUT2D eigenvalue weighted by molar-refractivity contribution is 1.00. The number of rotatable bonds is 4. The first kappa shape index (κ1) is 28.8. The van der Waals surface area contributed by atoms with Crippen molar-refractivity contribution in [2.75, 3.05) is 9.80 Å². The minimum atomic E-state index is -0.0800. The zero-order valence-corrected chi connectivity index (χ0v) is 26.4. The summed E-state index contributed by atoms with van der Waals surface area (Å²) in [7, 11) is 0. The average molecular weight is 641 g/mol. The highest BCUT2D eigenvalue weighted by Crippen LogP contribution is 2.54. The zero-order valence-electron chi connectivity index (χ0n) is 26.4. The van der Waals surface area contributed by atoms with Gasteiger partial charge < -0.3 is 9.69 Å². The van der Waals surface area contributed by atoms with Crippen LogP contribution in [0.25, 0.3) is 53.7 Å². The third kappa shape index (κ3) is 4.68. The van der Waals surface area contributed by atoms with Crippen molar-refractivity contribution in [1.29, 1.82) is 0 Å². The van der Waals surface area contributed by atoms with E-state index in [9.17, 15) is 0 Å². The predicted molar refractivity (Wildman–Crippen MR) is 199 cm³/mol. The highest BCUT2D eigenvalue weighted by atomic mass is 15.4. The second-order valence-electron chi connectivity index (χ2n) is 11.8. The molecule has 6 aromatic carbocycles.